The van der Waals surface area contributed by atoms with Crippen molar-refractivity contribution in [3.63, 3.8) is 0 Å². The molecule has 102 valence electrons. The highest BCUT2D eigenvalue weighted by atomic mass is 16.5. The minimum atomic E-state index is -1.07. The van der Waals surface area contributed by atoms with Gasteiger partial charge >= 0.3 is 12.0 Å². The number of hydrogen-bond donors (Lipinski definition) is 3. The average molecular weight is 256 g/mol. The number of carbonyl (C=O) groups excluding carboxylic acids is 1. The van der Waals surface area contributed by atoms with Crippen LogP contribution in [-0.2, 0) is 9.53 Å². The number of carboxylic acid groups (broad SMARTS) is 1. The summed E-state index contributed by atoms with van der Waals surface area (Å²) >= 11 is 0. The Balaban J connectivity index is 1.72. The Morgan fingerprint density at radius 2 is 1.83 bits per heavy atom. The third-order valence-corrected chi connectivity index (χ3v) is 3.57. The van der Waals surface area contributed by atoms with E-state index in [2.05, 4.69) is 10.6 Å². The monoisotopic (exact) mass is 256 g/mol. The van der Waals surface area contributed by atoms with Crippen molar-refractivity contribution in [2.24, 2.45) is 11.8 Å². The van der Waals surface area contributed by atoms with Gasteiger partial charge in [0, 0.05) is 13.2 Å². The molecular formula is C12H20N2O4. The third kappa shape index (κ3) is 3.60. The summed E-state index contributed by atoms with van der Waals surface area (Å²) in [5.41, 5.74) is 0. The molecule has 1 unspecified atom stereocenters. The van der Waals surface area contributed by atoms with Crippen molar-refractivity contribution >= 4 is 12.0 Å². The molecule has 6 heteroatoms. The molecule has 0 radical (unpaired) electrons. The number of nitrogens with one attached hydrogen (secondary N) is 2. The van der Waals surface area contributed by atoms with Crippen LogP contribution in [0.2, 0.25) is 0 Å². The summed E-state index contributed by atoms with van der Waals surface area (Å²) in [5, 5.41) is 14.3. The van der Waals surface area contributed by atoms with E-state index in [4.69, 9.17) is 9.84 Å². The SMILES string of the molecule is COC(CNC(=O)NC(C1CC1)C1CC1)C(=O)O. The van der Waals surface area contributed by atoms with Gasteiger partial charge in [0.1, 0.15) is 0 Å². The Morgan fingerprint density at radius 1 is 1.28 bits per heavy atom. The summed E-state index contributed by atoms with van der Waals surface area (Å²) in [6.45, 7) is -0.0142. The molecule has 0 aliphatic heterocycles. The fourth-order valence-corrected chi connectivity index (χ4v) is 2.19. The molecule has 6 nitrogen and oxygen atoms in total. The van der Waals surface area contributed by atoms with E-state index >= 15 is 0 Å². The first-order valence-electron chi connectivity index (χ1n) is 6.41. The zero-order valence-electron chi connectivity index (χ0n) is 10.5. The lowest BCUT2D eigenvalue weighted by atomic mass is 10.1. The van der Waals surface area contributed by atoms with Gasteiger partial charge in [-0.2, -0.15) is 0 Å². The Bertz CT molecular complexity index is 314. The number of rotatable bonds is 7. The van der Waals surface area contributed by atoms with E-state index in [1.165, 1.54) is 32.8 Å². The van der Waals surface area contributed by atoms with Crippen LogP contribution in [0, 0.1) is 11.8 Å². The summed E-state index contributed by atoms with van der Waals surface area (Å²) < 4.78 is 4.74. The van der Waals surface area contributed by atoms with Gasteiger partial charge in [0.05, 0.1) is 6.54 Å². The lowest BCUT2D eigenvalue weighted by Gasteiger charge is -2.19. The van der Waals surface area contributed by atoms with Crippen molar-refractivity contribution in [1.29, 1.82) is 0 Å². The Kier molecular flexibility index (Phi) is 4.06. The van der Waals surface area contributed by atoms with Crippen LogP contribution in [0.25, 0.3) is 0 Å². The van der Waals surface area contributed by atoms with E-state index in [1.807, 2.05) is 0 Å². The van der Waals surface area contributed by atoms with Crippen LogP contribution in [0.15, 0.2) is 0 Å². The molecule has 2 saturated carbocycles. The first-order chi connectivity index (χ1) is 8.61. The van der Waals surface area contributed by atoms with Gasteiger partial charge in [0.25, 0.3) is 0 Å². The minimum Gasteiger partial charge on any atom is -0.479 e. The van der Waals surface area contributed by atoms with Crippen molar-refractivity contribution in [2.75, 3.05) is 13.7 Å². The van der Waals surface area contributed by atoms with Gasteiger partial charge < -0.3 is 20.5 Å². The van der Waals surface area contributed by atoms with Crippen LogP contribution < -0.4 is 10.6 Å². The summed E-state index contributed by atoms with van der Waals surface area (Å²) in [5.74, 6) is 0.181. The highest BCUT2D eigenvalue weighted by Gasteiger charge is 2.42. The summed E-state index contributed by atoms with van der Waals surface area (Å²) in [6.07, 6.45) is 3.78. The van der Waals surface area contributed by atoms with E-state index < -0.39 is 12.1 Å². The van der Waals surface area contributed by atoms with Crippen LogP contribution in [0.5, 0.6) is 0 Å². The standard InChI is InChI=1S/C12H20N2O4/c1-18-9(11(15)16)6-13-12(17)14-10(7-2-3-7)8-4-5-8/h7-10H,2-6H2,1H3,(H,15,16)(H2,13,14,17). The van der Waals surface area contributed by atoms with Crippen LogP contribution in [0.1, 0.15) is 25.7 Å². The predicted molar refractivity (Wildman–Crippen MR) is 64.2 cm³/mol. The van der Waals surface area contributed by atoms with Gasteiger partial charge in [0.15, 0.2) is 6.10 Å². The fourth-order valence-electron chi connectivity index (χ4n) is 2.19. The largest absolute Gasteiger partial charge is 0.479 e. The van der Waals surface area contributed by atoms with Gasteiger partial charge in [0.2, 0.25) is 0 Å². The van der Waals surface area contributed by atoms with E-state index in [9.17, 15) is 9.59 Å². The third-order valence-electron chi connectivity index (χ3n) is 3.57. The van der Waals surface area contributed by atoms with Crippen LogP contribution in [0.3, 0.4) is 0 Å². The lowest BCUT2D eigenvalue weighted by Crippen LogP contribution is -2.47. The molecule has 0 spiro atoms. The van der Waals surface area contributed by atoms with Crippen LogP contribution in [0.4, 0.5) is 4.79 Å². The first kappa shape index (κ1) is 13.1. The number of ether oxygens (including phenoxy) is 1. The zero-order chi connectivity index (χ0) is 13.1. The highest BCUT2D eigenvalue weighted by Crippen LogP contribution is 2.44. The molecule has 0 heterocycles. The lowest BCUT2D eigenvalue weighted by molar-refractivity contribution is -0.147. The van der Waals surface area contributed by atoms with Crippen molar-refractivity contribution in [1.82, 2.24) is 10.6 Å². The molecule has 0 aromatic carbocycles. The maximum Gasteiger partial charge on any atom is 0.334 e. The first-order valence-corrected chi connectivity index (χ1v) is 6.41. The van der Waals surface area contributed by atoms with Crippen LogP contribution >= 0.6 is 0 Å². The number of aliphatic carboxylic acids is 1. The highest BCUT2D eigenvalue weighted by molar-refractivity contribution is 5.77. The molecule has 0 bridgehead atoms. The summed E-state index contributed by atoms with van der Waals surface area (Å²) in [7, 11) is 1.32. The van der Waals surface area contributed by atoms with Crippen molar-refractivity contribution in [3.05, 3.63) is 0 Å². The minimum absolute atomic E-state index is 0.0142. The maximum atomic E-state index is 11.7. The molecule has 2 fully saturated rings. The number of hydrogen-bond acceptors (Lipinski definition) is 3. The molecule has 1 atom stereocenters. The number of urea groups is 1. The van der Waals surface area contributed by atoms with Gasteiger partial charge in [-0.25, -0.2) is 9.59 Å². The number of amides is 2. The van der Waals surface area contributed by atoms with E-state index in [1.54, 1.807) is 0 Å². The van der Waals surface area contributed by atoms with Gasteiger partial charge in [-0.1, -0.05) is 0 Å². The molecule has 0 saturated heterocycles. The van der Waals surface area contributed by atoms with Crippen molar-refractivity contribution in [2.45, 2.75) is 37.8 Å². The quantitative estimate of drug-likeness (QED) is 0.621. The Morgan fingerprint density at radius 3 is 2.22 bits per heavy atom. The van der Waals surface area contributed by atoms with Crippen molar-refractivity contribution < 1.29 is 19.4 Å². The van der Waals surface area contributed by atoms with Gasteiger partial charge in [-0.15, -0.1) is 0 Å². The smallest absolute Gasteiger partial charge is 0.334 e. The normalized spacial score (nSPS) is 20.6. The summed E-state index contributed by atoms with van der Waals surface area (Å²) in [4.78, 5) is 22.4. The van der Waals surface area contributed by atoms with E-state index in [0.29, 0.717) is 11.8 Å². The molecule has 0 aromatic heterocycles. The fraction of sp³-hybridized carbons (Fsp3) is 0.833. The average Bonchev–Trinajstić information content (AvgIpc) is 3.16. The zero-order valence-corrected chi connectivity index (χ0v) is 10.5. The topological polar surface area (TPSA) is 87.7 Å². The molecule has 18 heavy (non-hydrogen) atoms. The Labute approximate surface area is 106 Å². The summed E-state index contributed by atoms with van der Waals surface area (Å²) in [6, 6.07) is -0.0158. The van der Waals surface area contributed by atoms with Gasteiger partial charge in [-0.3, -0.25) is 0 Å². The molecule has 2 rings (SSSR count). The maximum absolute atomic E-state index is 11.7. The van der Waals surface area contributed by atoms with Crippen LogP contribution in [-0.4, -0.2) is 42.9 Å². The van der Waals surface area contributed by atoms with E-state index in [0.717, 1.165) is 0 Å². The second kappa shape index (κ2) is 5.56. The van der Waals surface area contributed by atoms with Gasteiger partial charge in [-0.05, 0) is 37.5 Å². The molecule has 2 amide bonds. The van der Waals surface area contributed by atoms with Crippen molar-refractivity contribution in [3.8, 4) is 0 Å². The molecule has 0 aromatic rings. The molecule has 2 aliphatic rings. The second-order valence-electron chi connectivity index (χ2n) is 5.12. The predicted octanol–water partition coefficient (Wildman–Crippen LogP) is 0.574. The number of carbonyl (C=O) groups is 2. The molecule has 2 aliphatic carbocycles. The second-order valence-corrected chi connectivity index (χ2v) is 5.12. The Hall–Kier alpha value is -1.30. The number of carboxylic acids is 1. The number of methoxy groups -OCH3 is 1. The molecule has 3 N–H and O–H groups in total. The molecular weight excluding hydrogens is 236 g/mol. The van der Waals surface area contributed by atoms with E-state index in [-0.39, 0.29) is 18.6 Å².